The van der Waals surface area contributed by atoms with Crippen molar-refractivity contribution in [2.24, 2.45) is 4.99 Å². The van der Waals surface area contributed by atoms with Crippen LogP contribution in [0, 0.1) is 5.82 Å². The van der Waals surface area contributed by atoms with Crippen molar-refractivity contribution in [3.8, 4) is 0 Å². The normalized spacial score (nSPS) is 17.9. The van der Waals surface area contributed by atoms with Crippen LogP contribution in [0.4, 0.5) is 4.39 Å². The summed E-state index contributed by atoms with van der Waals surface area (Å²) in [6.07, 6.45) is 6.01. The van der Waals surface area contributed by atoms with E-state index in [1.165, 1.54) is 12.5 Å². The van der Waals surface area contributed by atoms with Gasteiger partial charge in [-0.1, -0.05) is 18.2 Å². The van der Waals surface area contributed by atoms with Crippen molar-refractivity contribution >= 4 is 5.96 Å². The van der Waals surface area contributed by atoms with Crippen molar-refractivity contribution in [2.75, 3.05) is 19.7 Å². The highest BCUT2D eigenvalue weighted by Crippen LogP contribution is 2.11. The summed E-state index contributed by atoms with van der Waals surface area (Å²) in [6, 6.07) is 10.5. The van der Waals surface area contributed by atoms with E-state index in [1.54, 1.807) is 18.4 Å². The molecule has 0 aliphatic carbocycles. The minimum absolute atomic E-state index is 0.203. The highest BCUT2D eigenvalue weighted by Gasteiger charge is 2.14. The quantitative estimate of drug-likeness (QED) is 0.588. The zero-order valence-corrected chi connectivity index (χ0v) is 14.9. The lowest BCUT2D eigenvalue weighted by molar-refractivity contribution is 0.0194. The van der Waals surface area contributed by atoms with Crippen LogP contribution in [-0.2, 0) is 17.7 Å². The molecule has 1 unspecified atom stereocenters. The Hall–Kier alpha value is -2.34. The minimum Gasteiger partial charge on any atom is -0.469 e. The summed E-state index contributed by atoms with van der Waals surface area (Å²) in [7, 11) is 0. The van der Waals surface area contributed by atoms with E-state index in [-0.39, 0.29) is 18.5 Å². The monoisotopic (exact) mass is 359 g/mol. The summed E-state index contributed by atoms with van der Waals surface area (Å²) in [4.78, 5) is 4.53. The van der Waals surface area contributed by atoms with E-state index >= 15 is 0 Å². The molecule has 1 saturated heterocycles. The summed E-state index contributed by atoms with van der Waals surface area (Å²) in [5, 5.41) is 6.61. The number of guanidine groups is 1. The first kappa shape index (κ1) is 18.5. The smallest absolute Gasteiger partial charge is 0.191 e. The van der Waals surface area contributed by atoms with Crippen molar-refractivity contribution in [3.63, 3.8) is 0 Å². The van der Waals surface area contributed by atoms with Crippen molar-refractivity contribution in [1.82, 2.24) is 10.6 Å². The molecule has 2 heterocycles. The lowest BCUT2D eigenvalue weighted by atomic mass is 10.1. The van der Waals surface area contributed by atoms with Gasteiger partial charge in [0.1, 0.15) is 11.6 Å². The molecule has 0 spiro atoms. The van der Waals surface area contributed by atoms with Gasteiger partial charge in [-0.15, -0.1) is 0 Å². The van der Waals surface area contributed by atoms with Gasteiger partial charge in [-0.25, -0.2) is 9.38 Å². The molecule has 5 nitrogen and oxygen atoms in total. The average molecular weight is 359 g/mol. The van der Waals surface area contributed by atoms with Gasteiger partial charge >= 0.3 is 0 Å². The van der Waals surface area contributed by atoms with Crippen LogP contribution in [0.2, 0.25) is 0 Å². The predicted molar refractivity (Wildman–Crippen MR) is 99.5 cm³/mol. The molecule has 1 aliphatic rings. The Morgan fingerprint density at radius 3 is 2.85 bits per heavy atom. The van der Waals surface area contributed by atoms with E-state index in [0.717, 1.165) is 31.6 Å². The maximum Gasteiger partial charge on any atom is 0.191 e. The SMILES string of the molecule is Fc1ccccc1CN=C(NCCc1ccco1)NCC1CCCCO1. The Bertz CT molecular complexity index is 682. The van der Waals surface area contributed by atoms with Gasteiger partial charge in [-0.2, -0.15) is 0 Å². The highest BCUT2D eigenvalue weighted by molar-refractivity contribution is 5.79. The molecule has 0 saturated carbocycles. The first-order valence-corrected chi connectivity index (χ1v) is 9.21. The number of halogens is 1. The molecule has 6 heteroatoms. The number of hydrogen-bond acceptors (Lipinski definition) is 3. The average Bonchev–Trinajstić information content (AvgIpc) is 3.19. The van der Waals surface area contributed by atoms with Gasteiger partial charge in [0.15, 0.2) is 5.96 Å². The summed E-state index contributed by atoms with van der Waals surface area (Å²) >= 11 is 0. The second kappa shape index (κ2) is 9.97. The lowest BCUT2D eigenvalue weighted by Crippen LogP contribution is -2.43. The van der Waals surface area contributed by atoms with Crippen molar-refractivity contribution < 1.29 is 13.5 Å². The number of aliphatic imine (C=N–C) groups is 1. The maximum atomic E-state index is 13.8. The molecule has 0 bridgehead atoms. The molecular weight excluding hydrogens is 333 g/mol. The number of ether oxygens (including phenoxy) is 1. The summed E-state index contributed by atoms with van der Waals surface area (Å²) in [6.45, 7) is 2.49. The Morgan fingerprint density at radius 1 is 1.15 bits per heavy atom. The minimum atomic E-state index is -0.234. The van der Waals surface area contributed by atoms with Gasteiger partial charge in [0.25, 0.3) is 0 Å². The molecule has 1 aromatic carbocycles. The second-order valence-corrected chi connectivity index (χ2v) is 6.38. The Labute approximate surface area is 153 Å². The maximum absolute atomic E-state index is 13.8. The van der Waals surface area contributed by atoms with Gasteiger partial charge in [0.2, 0.25) is 0 Å². The van der Waals surface area contributed by atoms with E-state index in [9.17, 15) is 4.39 Å². The third-order valence-corrected chi connectivity index (χ3v) is 4.38. The number of nitrogens with one attached hydrogen (secondary N) is 2. The molecule has 1 fully saturated rings. The van der Waals surface area contributed by atoms with Crippen LogP contribution in [-0.4, -0.2) is 31.8 Å². The standard InChI is InChI=1S/C20H26FN3O2/c21-19-9-2-1-6-16(19)14-23-20(22-11-10-17-8-5-13-25-17)24-15-18-7-3-4-12-26-18/h1-2,5-6,8-9,13,18H,3-4,7,10-12,14-15H2,(H2,22,23,24). The topological polar surface area (TPSA) is 58.8 Å². The molecule has 1 aliphatic heterocycles. The van der Waals surface area contributed by atoms with Crippen molar-refractivity contribution in [3.05, 3.63) is 59.8 Å². The molecule has 26 heavy (non-hydrogen) atoms. The van der Waals surface area contributed by atoms with Crippen LogP contribution < -0.4 is 10.6 Å². The lowest BCUT2D eigenvalue weighted by Gasteiger charge is -2.23. The molecule has 0 radical (unpaired) electrons. The molecular formula is C20H26FN3O2. The van der Waals surface area contributed by atoms with Crippen molar-refractivity contribution in [2.45, 2.75) is 38.3 Å². The van der Waals surface area contributed by atoms with Crippen LogP contribution >= 0.6 is 0 Å². The zero-order valence-electron chi connectivity index (χ0n) is 14.9. The van der Waals surface area contributed by atoms with Crippen LogP contribution in [0.3, 0.4) is 0 Å². The third kappa shape index (κ3) is 5.88. The first-order chi connectivity index (χ1) is 12.8. The molecule has 0 amide bonds. The number of hydrogen-bond donors (Lipinski definition) is 2. The van der Waals surface area contributed by atoms with Crippen LogP contribution in [0.15, 0.2) is 52.1 Å². The van der Waals surface area contributed by atoms with Crippen LogP contribution in [0.25, 0.3) is 0 Å². The van der Waals surface area contributed by atoms with Gasteiger partial charge in [-0.3, -0.25) is 0 Å². The fourth-order valence-electron chi connectivity index (χ4n) is 2.90. The molecule has 3 rings (SSSR count). The molecule has 1 aromatic heterocycles. The fourth-order valence-corrected chi connectivity index (χ4v) is 2.90. The molecule has 140 valence electrons. The van der Waals surface area contributed by atoms with E-state index < -0.39 is 0 Å². The van der Waals surface area contributed by atoms with Crippen LogP contribution in [0.1, 0.15) is 30.6 Å². The number of nitrogens with zero attached hydrogens (tertiary/aromatic N) is 1. The largest absolute Gasteiger partial charge is 0.469 e. The predicted octanol–water partition coefficient (Wildman–Crippen LogP) is 3.27. The van der Waals surface area contributed by atoms with Crippen LogP contribution in [0.5, 0.6) is 0 Å². The molecule has 1 atom stereocenters. The molecule has 2 N–H and O–H groups in total. The number of benzene rings is 1. The fraction of sp³-hybridized carbons (Fsp3) is 0.450. The molecule has 2 aromatic rings. The van der Waals surface area contributed by atoms with Gasteiger partial charge in [0, 0.05) is 31.7 Å². The highest BCUT2D eigenvalue weighted by atomic mass is 19.1. The van der Waals surface area contributed by atoms with E-state index in [4.69, 9.17) is 9.15 Å². The summed E-state index contributed by atoms with van der Waals surface area (Å²) in [5.41, 5.74) is 0.577. The van der Waals surface area contributed by atoms with Gasteiger partial charge < -0.3 is 19.8 Å². The Balaban J connectivity index is 1.55. The first-order valence-electron chi connectivity index (χ1n) is 9.21. The second-order valence-electron chi connectivity index (χ2n) is 6.38. The summed E-state index contributed by atoms with van der Waals surface area (Å²) in [5.74, 6) is 1.34. The Morgan fingerprint density at radius 2 is 2.08 bits per heavy atom. The van der Waals surface area contributed by atoms with Gasteiger partial charge in [0.05, 0.1) is 18.9 Å². The van der Waals surface area contributed by atoms with Crippen molar-refractivity contribution in [1.29, 1.82) is 0 Å². The Kier molecular flexibility index (Phi) is 7.07. The van der Waals surface area contributed by atoms with E-state index in [1.807, 2.05) is 18.2 Å². The van der Waals surface area contributed by atoms with Gasteiger partial charge in [-0.05, 0) is 37.5 Å². The summed E-state index contributed by atoms with van der Waals surface area (Å²) < 4.78 is 24.9. The zero-order chi connectivity index (χ0) is 18.0. The van der Waals surface area contributed by atoms with E-state index in [0.29, 0.717) is 24.6 Å². The van der Waals surface area contributed by atoms with E-state index in [2.05, 4.69) is 15.6 Å². The number of furan rings is 1. The number of rotatable bonds is 7. The third-order valence-electron chi connectivity index (χ3n) is 4.38.